The molecule has 0 spiro atoms. The highest BCUT2D eigenvalue weighted by Crippen LogP contribution is 2.24. The van der Waals surface area contributed by atoms with Crippen LogP contribution in [0.4, 0.5) is 4.79 Å². The Morgan fingerprint density at radius 1 is 1.32 bits per heavy atom. The van der Waals surface area contributed by atoms with Crippen LogP contribution in [0.2, 0.25) is 0 Å². The van der Waals surface area contributed by atoms with Gasteiger partial charge in [0.05, 0.1) is 6.21 Å². The molecule has 1 aliphatic rings. The van der Waals surface area contributed by atoms with Crippen molar-refractivity contribution in [3.8, 4) is 5.75 Å². The molecule has 0 bridgehead atoms. The molecule has 0 aromatic heterocycles. The van der Waals surface area contributed by atoms with Gasteiger partial charge < -0.3 is 14.8 Å². The first-order valence-corrected chi connectivity index (χ1v) is 8.05. The first kappa shape index (κ1) is 18.5. The number of nitrogens with zero attached hydrogens (tertiary/aromatic N) is 1. The van der Waals surface area contributed by atoms with Crippen molar-refractivity contribution in [3.63, 3.8) is 0 Å². The molecule has 1 aliphatic heterocycles. The van der Waals surface area contributed by atoms with Gasteiger partial charge in [0.1, 0.15) is 18.0 Å². The lowest BCUT2D eigenvalue weighted by molar-refractivity contribution is -0.120. The fourth-order valence-corrected chi connectivity index (χ4v) is 2.04. The molecular formula is C18H23N3O4. The van der Waals surface area contributed by atoms with E-state index in [9.17, 15) is 9.59 Å². The van der Waals surface area contributed by atoms with Crippen LogP contribution in [0, 0.1) is 0 Å². The van der Waals surface area contributed by atoms with Crippen molar-refractivity contribution in [3.05, 3.63) is 35.4 Å². The Morgan fingerprint density at radius 2 is 2.08 bits per heavy atom. The highest BCUT2D eigenvalue weighted by molar-refractivity contribution is 5.88. The maximum Gasteiger partial charge on any atom is 0.407 e. The van der Waals surface area contributed by atoms with Crippen LogP contribution >= 0.6 is 0 Å². The van der Waals surface area contributed by atoms with Gasteiger partial charge in [-0.2, -0.15) is 5.10 Å². The van der Waals surface area contributed by atoms with Gasteiger partial charge in [-0.1, -0.05) is 18.2 Å². The maximum absolute atomic E-state index is 11.7. The molecule has 7 nitrogen and oxygen atoms in total. The first-order chi connectivity index (χ1) is 11.8. The van der Waals surface area contributed by atoms with E-state index in [-0.39, 0.29) is 18.9 Å². The normalized spacial score (nSPS) is 13.5. The first-order valence-electron chi connectivity index (χ1n) is 8.05. The SMILES string of the molecule is CC(C)(C)OC(=O)NCCC(=O)NN=CC1=Cc2ccccc2OC1. The average Bonchev–Trinajstić information content (AvgIpc) is 2.53. The maximum atomic E-state index is 11.7. The van der Waals surface area contributed by atoms with E-state index in [0.717, 1.165) is 16.9 Å². The Hall–Kier alpha value is -2.83. The summed E-state index contributed by atoms with van der Waals surface area (Å²) in [5.74, 6) is 0.530. The Labute approximate surface area is 147 Å². The fraction of sp³-hybridized carbons (Fsp3) is 0.389. The smallest absolute Gasteiger partial charge is 0.407 e. The lowest BCUT2D eigenvalue weighted by Crippen LogP contribution is -2.34. The summed E-state index contributed by atoms with van der Waals surface area (Å²) in [5, 5.41) is 6.42. The zero-order valence-electron chi connectivity index (χ0n) is 14.7. The van der Waals surface area contributed by atoms with E-state index in [1.807, 2.05) is 30.3 Å². The van der Waals surface area contributed by atoms with Gasteiger partial charge in [-0.25, -0.2) is 10.2 Å². The summed E-state index contributed by atoms with van der Waals surface area (Å²) in [6.45, 7) is 5.90. The minimum absolute atomic E-state index is 0.106. The number of hydrogen-bond acceptors (Lipinski definition) is 5. The summed E-state index contributed by atoms with van der Waals surface area (Å²) in [7, 11) is 0. The van der Waals surface area contributed by atoms with Crippen LogP contribution in [0.3, 0.4) is 0 Å². The largest absolute Gasteiger partial charge is 0.488 e. The number of fused-ring (bicyclic) bond motifs is 1. The third-order valence-corrected chi connectivity index (χ3v) is 3.09. The van der Waals surface area contributed by atoms with Crippen LogP contribution in [0.1, 0.15) is 32.8 Å². The van der Waals surface area contributed by atoms with Gasteiger partial charge in [-0.05, 0) is 32.9 Å². The second-order valence-corrected chi connectivity index (χ2v) is 6.52. The number of ether oxygens (including phenoxy) is 2. The number of alkyl carbamates (subject to hydrolysis) is 1. The molecular weight excluding hydrogens is 322 g/mol. The van der Waals surface area contributed by atoms with Crippen molar-refractivity contribution < 1.29 is 19.1 Å². The molecule has 0 saturated carbocycles. The molecule has 0 aliphatic carbocycles. The Kier molecular flexibility index (Phi) is 6.16. The molecule has 7 heteroatoms. The van der Waals surface area contributed by atoms with Crippen molar-refractivity contribution in [2.45, 2.75) is 32.8 Å². The van der Waals surface area contributed by atoms with E-state index in [2.05, 4.69) is 15.8 Å². The van der Waals surface area contributed by atoms with E-state index < -0.39 is 11.7 Å². The van der Waals surface area contributed by atoms with Gasteiger partial charge in [0.25, 0.3) is 0 Å². The molecule has 25 heavy (non-hydrogen) atoms. The van der Waals surface area contributed by atoms with Crippen molar-refractivity contribution in [1.82, 2.24) is 10.7 Å². The monoisotopic (exact) mass is 345 g/mol. The van der Waals surface area contributed by atoms with Gasteiger partial charge in [-0.15, -0.1) is 0 Å². The number of para-hydroxylation sites is 1. The summed E-state index contributed by atoms with van der Waals surface area (Å²) >= 11 is 0. The van der Waals surface area contributed by atoms with Gasteiger partial charge >= 0.3 is 6.09 Å². The van der Waals surface area contributed by atoms with E-state index in [4.69, 9.17) is 9.47 Å². The van der Waals surface area contributed by atoms with Crippen LogP contribution in [0.5, 0.6) is 5.75 Å². The summed E-state index contributed by atoms with van der Waals surface area (Å²) in [5.41, 5.74) is 3.68. The molecule has 1 aromatic rings. The highest BCUT2D eigenvalue weighted by Gasteiger charge is 2.15. The fourth-order valence-electron chi connectivity index (χ4n) is 2.04. The lowest BCUT2D eigenvalue weighted by atomic mass is 10.1. The van der Waals surface area contributed by atoms with Gasteiger partial charge in [0.15, 0.2) is 0 Å². The van der Waals surface area contributed by atoms with Crippen LogP contribution in [-0.4, -0.2) is 37.0 Å². The van der Waals surface area contributed by atoms with Crippen molar-refractivity contribution >= 4 is 24.3 Å². The number of carbonyl (C=O) groups is 2. The van der Waals surface area contributed by atoms with Crippen LogP contribution in [0.25, 0.3) is 6.08 Å². The quantitative estimate of drug-likeness (QED) is 0.634. The van der Waals surface area contributed by atoms with Crippen LogP contribution in [-0.2, 0) is 9.53 Å². The Morgan fingerprint density at radius 3 is 2.84 bits per heavy atom. The van der Waals surface area contributed by atoms with Crippen molar-refractivity contribution in [2.75, 3.05) is 13.2 Å². The second-order valence-electron chi connectivity index (χ2n) is 6.52. The molecule has 0 atom stereocenters. The number of hydrazone groups is 1. The van der Waals surface area contributed by atoms with Gasteiger partial charge in [0.2, 0.25) is 5.91 Å². The number of amides is 2. The molecule has 2 N–H and O–H groups in total. The Bertz CT molecular complexity index is 690. The average molecular weight is 345 g/mol. The standard InChI is InChI=1S/C18H23N3O4/c1-18(2,3)25-17(23)19-9-8-16(22)21-20-11-13-10-14-6-4-5-7-15(14)24-12-13/h4-7,10-11H,8-9,12H2,1-3H3,(H,19,23)(H,21,22). The van der Waals surface area contributed by atoms with Crippen LogP contribution in [0.15, 0.2) is 34.9 Å². The van der Waals surface area contributed by atoms with E-state index in [0.29, 0.717) is 6.61 Å². The molecule has 0 saturated heterocycles. The number of hydrogen-bond donors (Lipinski definition) is 2. The predicted octanol–water partition coefficient (Wildman–Crippen LogP) is 2.48. The van der Waals surface area contributed by atoms with E-state index in [1.165, 1.54) is 0 Å². The molecule has 1 heterocycles. The summed E-state index contributed by atoms with van der Waals surface area (Å²) in [6.07, 6.45) is 3.06. The zero-order valence-corrected chi connectivity index (χ0v) is 14.7. The summed E-state index contributed by atoms with van der Waals surface area (Å²) in [4.78, 5) is 23.1. The number of benzene rings is 1. The topological polar surface area (TPSA) is 89.0 Å². The van der Waals surface area contributed by atoms with Crippen molar-refractivity contribution in [2.24, 2.45) is 5.10 Å². The molecule has 0 unspecified atom stereocenters. The predicted molar refractivity (Wildman–Crippen MR) is 95.4 cm³/mol. The Balaban J connectivity index is 1.71. The lowest BCUT2D eigenvalue weighted by Gasteiger charge is -2.19. The molecule has 2 amide bonds. The number of carbonyl (C=O) groups excluding carboxylic acids is 2. The van der Waals surface area contributed by atoms with Gasteiger partial charge in [0, 0.05) is 24.1 Å². The minimum atomic E-state index is -0.564. The zero-order chi connectivity index (χ0) is 18.3. The third kappa shape index (κ3) is 6.66. The second kappa shape index (κ2) is 8.32. The highest BCUT2D eigenvalue weighted by atomic mass is 16.6. The van der Waals surface area contributed by atoms with E-state index >= 15 is 0 Å². The van der Waals surface area contributed by atoms with Gasteiger partial charge in [-0.3, -0.25) is 4.79 Å². The summed E-state index contributed by atoms with van der Waals surface area (Å²) in [6, 6.07) is 7.69. The molecule has 134 valence electrons. The third-order valence-electron chi connectivity index (χ3n) is 3.09. The molecule has 0 fully saturated rings. The molecule has 2 rings (SSSR count). The molecule has 1 aromatic carbocycles. The number of nitrogens with one attached hydrogen (secondary N) is 2. The minimum Gasteiger partial charge on any atom is -0.488 e. The number of rotatable bonds is 5. The van der Waals surface area contributed by atoms with E-state index in [1.54, 1.807) is 27.0 Å². The van der Waals surface area contributed by atoms with Crippen molar-refractivity contribution in [1.29, 1.82) is 0 Å². The molecule has 0 radical (unpaired) electrons. The summed E-state index contributed by atoms with van der Waals surface area (Å²) < 4.78 is 10.7. The van der Waals surface area contributed by atoms with Crippen LogP contribution < -0.4 is 15.5 Å².